The maximum Gasteiger partial charge on any atom is 0.123 e. The van der Waals surface area contributed by atoms with E-state index in [0.29, 0.717) is 25.3 Å². The maximum absolute atomic E-state index is 10.0. The van der Waals surface area contributed by atoms with Gasteiger partial charge in [0.05, 0.1) is 5.60 Å². The van der Waals surface area contributed by atoms with Crippen LogP contribution in [0.1, 0.15) is 18.9 Å². The summed E-state index contributed by atoms with van der Waals surface area (Å²) in [6.45, 7) is 2.34. The monoisotopic (exact) mass is 210 g/mol. The van der Waals surface area contributed by atoms with Crippen molar-refractivity contribution in [2.24, 2.45) is 0 Å². The molecule has 0 saturated carbocycles. The lowest BCUT2D eigenvalue weighted by Gasteiger charge is -2.22. The minimum atomic E-state index is -0.760. The fraction of sp³-hybridized carbons (Fsp3) is 0.545. The first-order valence-corrected chi connectivity index (χ1v) is 4.95. The van der Waals surface area contributed by atoms with Crippen LogP contribution in [0, 0.1) is 0 Å². The molecule has 4 nitrogen and oxygen atoms in total. The zero-order valence-corrected chi connectivity index (χ0v) is 9.23. The Hall–Kier alpha value is -1.13. The SMILES string of the molecule is COCCC(C)(O)Cc1ccnc(N)c1. The summed E-state index contributed by atoms with van der Waals surface area (Å²) in [7, 11) is 1.63. The number of hydrogen-bond donors (Lipinski definition) is 2. The summed E-state index contributed by atoms with van der Waals surface area (Å²) in [4.78, 5) is 3.90. The molecule has 0 aliphatic carbocycles. The second-order valence-electron chi connectivity index (χ2n) is 4.01. The van der Waals surface area contributed by atoms with E-state index in [9.17, 15) is 5.11 Å². The van der Waals surface area contributed by atoms with Gasteiger partial charge in [-0.25, -0.2) is 4.98 Å². The third-order valence-electron chi connectivity index (χ3n) is 2.28. The molecule has 0 saturated heterocycles. The van der Waals surface area contributed by atoms with Gasteiger partial charge in [0.15, 0.2) is 0 Å². The quantitative estimate of drug-likeness (QED) is 0.760. The molecule has 1 rings (SSSR count). The Morgan fingerprint density at radius 2 is 2.33 bits per heavy atom. The molecule has 0 spiro atoms. The first-order valence-electron chi connectivity index (χ1n) is 4.95. The standard InChI is InChI=1S/C11H18N2O2/c1-11(14,4-6-15-2)8-9-3-5-13-10(12)7-9/h3,5,7,14H,4,6,8H2,1-2H3,(H2,12,13). The molecule has 0 fully saturated rings. The molecule has 1 atom stereocenters. The van der Waals surface area contributed by atoms with E-state index in [1.165, 1.54) is 0 Å². The molecule has 0 radical (unpaired) electrons. The lowest BCUT2D eigenvalue weighted by Crippen LogP contribution is -2.28. The first-order chi connectivity index (χ1) is 7.03. The van der Waals surface area contributed by atoms with Crippen molar-refractivity contribution in [3.63, 3.8) is 0 Å². The maximum atomic E-state index is 10.0. The largest absolute Gasteiger partial charge is 0.390 e. The van der Waals surface area contributed by atoms with Crippen molar-refractivity contribution in [2.75, 3.05) is 19.5 Å². The lowest BCUT2D eigenvalue weighted by molar-refractivity contribution is 0.0249. The van der Waals surface area contributed by atoms with Crippen molar-refractivity contribution in [3.8, 4) is 0 Å². The molecule has 1 unspecified atom stereocenters. The number of pyridine rings is 1. The van der Waals surface area contributed by atoms with Gasteiger partial charge in [-0.2, -0.15) is 0 Å². The van der Waals surface area contributed by atoms with E-state index < -0.39 is 5.60 Å². The number of hydrogen-bond acceptors (Lipinski definition) is 4. The van der Waals surface area contributed by atoms with Crippen LogP contribution in [-0.2, 0) is 11.2 Å². The van der Waals surface area contributed by atoms with E-state index >= 15 is 0 Å². The minimum absolute atomic E-state index is 0.482. The molecule has 4 heteroatoms. The zero-order valence-electron chi connectivity index (χ0n) is 9.23. The van der Waals surface area contributed by atoms with Gasteiger partial charge in [-0.1, -0.05) is 0 Å². The highest BCUT2D eigenvalue weighted by atomic mass is 16.5. The van der Waals surface area contributed by atoms with Crippen molar-refractivity contribution in [1.29, 1.82) is 0 Å². The second-order valence-corrected chi connectivity index (χ2v) is 4.01. The normalized spacial score (nSPS) is 14.9. The summed E-state index contributed by atoms with van der Waals surface area (Å²) in [5.41, 5.74) is 5.79. The number of ether oxygens (including phenoxy) is 1. The summed E-state index contributed by atoms with van der Waals surface area (Å²) in [5, 5.41) is 10.0. The molecule has 0 amide bonds. The van der Waals surface area contributed by atoms with Crippen molar-refractivity contribution in [1.82, 2.24) is 4.98 Å². The Bertz CT molecular complexity index is 313. The number of rotatable bonds is 5. The van der Waals surface area contributed by atoms with Crippen LogP contribution < -0.4 is 5.73 Å². The van der Waals surface area contributed by atoms with Gasteiger partial charge in [-0.15, -0.1) is 0 Å². The van der Waals surface area contributed by atoms with E-state index in [-0.39, 0.29) is 0 Å². The smallest absolute Gasteiger partial charge is 0.123 e. The number of methoxy groups -OCH3 is 1. The fourth-order valence-electron chi connectivity index (χ4n) is 1.45. The highest BCUT2D eigenvalue weighted by Gasteiger charge is 2.20. The molecule has 1 aromatic heterocycles. The molecule has 0 aliphatic rings. The molecule has 15 heavy (non-hydrogen) atoms. The Morgan fingerprint density at radius 3 is 2.93 bits per heavy atom. The highest BCUT2D eigenvalue weighted by Crippen LogP contribution is 2.17. The number of aliphatic hydroxyl groups is 1. The number of nitrogens with zero attached hydrogens (tertiary/aromatic N) is 1. The Morgan fingerprint density at radius 1 is 1.60 bits per heavy atom. The van der Waals surface area contributed by atoms with Gasteiger partial charge in [0.2, 0.25) is 0 Å². The third kappa shape index (κ3) is 4.27. The van der Waals surface area contributed by atoms with Gasteiger partial charge < -0.3 is 15.6 Å². The molecular formula is C11H18N2O2. The molecule has 1 heterocycles. The van der Waals surface area contributed by atoms with E-state index in [1.54, 1.807) is 26.3 Å². The van der Waals surface area contributed by atoms with Crippen LogP contribution in [-0.4, -0.2) is 29.4 Å². The fourth-order valence-corrected chi connectivity index (χ4v) is 1.45. The Kier molecular flexibility index (Phi) is 4.05. The molecule has 0 bridgehead atoms. The van der Waals surface area contributed by atoms with Gasteiger partial charge in [0.1, 0.15) is 5.82 Å². The van der Waals surface area contributed by atoms with Crippen LogP contribution in [0.15, 0.2) is 18.3 Å². The molecule has 0 aromatic carbocycles. The number of anilines is 1. The number of aromatic nitrogens is 1. The molecule has 0 aliphatic heterocycles. The van der Waals surface area contributed by atoms with E-state index in [2.05, 4.69) is 4.98 Å². The van der Waals surface area contributed by atoms with Crippen LogP contribution in [0.3, 0.4) is 0 Å². The predicted molar refractivity (Wildman–Crippen MR) is 59.5 cm³/mol. The van der Waals surface area contributed by atoms with Gasteiger partial charge >= 0.3 is 0 Å². The van der Waals surface area contributed by atoms with Crippen molar-refractivity contribution < 1.29 is 9.84 Å². The van der Waals surface area contributed by atoms with Crippen LogP contribution >= 0.6 is 0 Å². The van der Waals surface area contributed by atoms with Gasteiger partial charge in [-0.05, 0) is 31.0 Å². The lowest BCUT2D eigenvalue weighted by atomic mass is 9.94. The zero-order chi connectivity index (χ0) is 11.3. The predicted octanol–water partition coefficient (Wildman–Crippen LogP) is 0.994. The molecular weight excluding hydrogens is 192 g/mol. The van der Waals surface area contributed by atoms with E-state index in [1.807, 2.05) is 6.07 Å². The van der Waals surface area contributed by atoms with E-state index in [0.717, 1.165) is 5.56 Å². The Labute approximate surface area is 90.1 Å². The molecule has 1 aromatic rings. The van der Waals surface area contributed by atoms with Crippen LogP contribution in [0.4, 0.5) is 5.82 Å². The van der Waals surface area contributed by atoms with Gasteiger partial charge in [-0.3, -0.25) is 0 Å². The van der Waals surface area contributed by atoms with E-state index in [4.69, 9.17) is 10.5 Å². The van der Waals surface area contributed by atoms with Crippen molar-refractivity contribution in [2.45, 2.75) is 25.4 Å². The number of nitrogens with two attached hydrogens (primary N) is 1. The average Bonchev–Trinajstić information content (AvgIpc) is 2.14. The summed E-state index contributed by atoms with van der Waals surface area (Å²) in [5.74, 6) is 0.482. The van der Waals surface area contributed by atoms with Crippen molar-refractivity contribution >= 4 is 5.82 Å². The minimum Gasteiger partial charge on any atom is -0.390 e. The third-order valence-corrected chi connectivity index (χ3v) is 2.28. The summed E-state index contributed by atoms with van der Waals surface area (Å²) in [6, 6.07) is 3.64. The summed E-state index contributed by atoms with van der Waals surface area (Å²) >= 11 is 0. The van der Waals surface area contributed by atoms with Gasteiger partial charge in [0.25, 0.3) is 0 Å². The van der Waals surface area contributed by atoms with Crippen molar-refractivity contribution in [3.05, 3.63) is 23.9 Å². The topological polar surface area (TPSA) is 68.4 Å². The first kappa shape index (κ1) is 11.9. The molecule has 84 valence electrons. The second kappa shape index (κ2) is 5.09. The summed E-state index contributed by atoms with van der Waals surface area (Å²) in [6.07, 6.45) is 2.81. The average molecular weight is 210 g/mol. The van der Waals surface area contributed by atoms with Gasteiger partial charge in [0, 0.05) is 26.3 Å². The highest BCUT2D eigenvalue weighted by molar-refractivity contribution is 5.32. The van der Waals surface area contributed by atoms with Crippen LogP contribution in [0.2, 0.25) is 0 Å². The molecule has 3 N–H and O–H groups in total. The number of nitrogen functional groups attached to an aromatic ring is 1. The van der Waals surface area contributed by atoms with Crippen LogP contribution in [0.5, 0.6) is 0 Å². The Balaban J connectivity index is 2.60. The summed E-state index contributed by atoms with van der Waals surface area (Å²) < 4.78 is 4.94. The van der Waals surface area contributed by atoms with Crippen LogP contribution in [0.25, 0.3) is 0 Å².